The molecular formula is C12H14O3S. The highest BCUT2D eigenvalue weighted by Gasteiger charge is 1.99. The number of benzene rings is 1. The van der Waals surface area contributed by atoms with Gasteiger partial charge in [-0.3, -0.25) is 0 Å². The second kappa shape index (κ2) is 6.23. The first-order valence-electron chi connectivity index (χ1n) is 4.89. The van der Waals surface area contributed by atoms with Crippen molar-refractivity contribution >= 4 is 24.7 Å². The van der Waals surface area contributed by atoms with Gasteiger partial charge < -0.3 is 9.47 Å². The van der Waals surface area contributed by atoms with E-state index < -0.39 is 0 Å². The summed E-state index contributed by atoms with van der Waals surface area (Å²) in [6, 6.07) is 5.43. The van der Waals surface area contributed by atoms with Crippen molar-refractivity contribution in [1.82, 2.24) is 0 Å². The molecule has 3 nitrogen and oxygen atoms in total. The van der Waals surface area contributed by atoms with Gasteiger partial charge in [0.05, 0.1) is 13.7 Å². The van der Waals surface area contributed by atoms with Gasteiger partial charge in [-0.15, -0.1) is 12.6 Å². The molecule has 0 atom stereocenters. The van der Waals surface area contributed by atoms with Gasteiger partial charge in [0.15, 0.2) is 0 Å². The second-order valence-electron chi connectivity index (χ2n) is 3.01. The summed E-state index contributed by atoms with van der Waals surface area (Å²) >= 11 is 4.29. The van der Waals surface area contributed by atoms with Crippen molar-refractivity contribution in [3.05, 3.63) is 29.8 Å². The Morgan fingerprint density at radius 1 is 1.50 bits per heavy atom. The normalized spacial score (nSPS) is 10.4. The lowest BCUT2D eigenvalue weighted by Crippen LogP contribution is -1.98. The van der Waals surface area contributed by atoms with Crippen LogP contribution in [0.4, 0.5) is 0 Å². The number of carbonyl (C=O) groups excluding carboxylic acids is 1. The number of rotatable bonds is 4. The van der Waals surface area contributed by atoms with Gasteiger partial charge >= 0.3 is 5.97 Å². The highest BCUT2D eigenvalue weighted by molar-refractivity contribution is 7.80. The maximum Gasteiger partial charge on any atom is 0.330 e. The molecule has 0 bridgehead atoms. The molecule has 4 heteroatoms. The number of hydrogen-bond acceptors (Lipinski definition) is 4. The van der Waals surface area contributed by atoms with E-state index >= 15 is 0 Å². The monoisotopic (exact) mass is 238 g/mol. The Kier molecular flexibility index (Phi) is 4.92. The van der Waals surface area contributed by atoms with E-state index in [1.807, 2.05) is 12.1 Å². The van der Waals surface area contributed by atoms with Crippen molar-refractivity contribution in [2.24, 2.45) is 0 Å². The van der Waals surface area contributed by atoms with Crippen LogP contribution >= 0.6 is 12.6 Å². The molecule has 0 amide bonds. The van der Waals surface area contributed by atoms with Crippen LogP contribution in [0.3, 0.4) is 0 Å². The molecule has 0 saturated heterocycles. The Morgan fingerprint density at radius 2 is 2.25 bits per heavy atom. The molecular weight excluding hydrogens is 224 g/mol. The third-order valence-electron chi connectivity index (χ3n) is 1.92. The van der Waals surface area contributed by atoms with Crippen LogP contribution in [0.15, 0.2) is 29.2 Å². The predicted octanol–water partition coefficient (Wildman–Crippen LogP) is 2.56. The summed E-state index contributed by atoms with van der Waals surface area (Å²) in [5.41, 5.74) is 0.845. The van der Waals surface area contributed by atoms with Gasteiger partial charge in [0.1, 0.15) is 5.75 Å². The minimum absolute atomic E-state index is 0.356. The van der Waals surface area contributed by atoms with Gasteiger partial charge in [-0.05, 0) is 30.7 Å². The Morgan fingerprint density at radius 3 is 2.81 bits per heavy atom. The summed E-state index contributed by atoms with van der Waals surface area (Å²) in [5.74, 6) is 0.379. The highest BCUT2D eigenvalue weighted by Crippen LogP contribution is 2.21. The van der Waals surface area contributed by atoms with Crippen LogP contribution in [0, 0.1) is 0 Å². The molecule has 0 unspecified atom stereocenters. The fourth-order valence-corrected chi connectivity index (χ4v) is 1.42. The quantitative estimate of drug-likeness (QED) is 0.497. The zero-order chi connectivity index (χ0) is 12.0. The van der Waals surface area contributed by atoms with Crippen molar-refractivity contribution in [2.45, 2.75) is 11.8 Å². The van der Waals surface area contributed by atoms with Crippen molar-refractivity contribution in [2.75, 3.05) is 13.7 Å². The lowest BCUT2D eigenvalue weighted by atomic mass is 10.2. The summed E-state index contributed by atoms with van der Waals surface area (Å²) in [4.78, 5) is 11.8. The average Bonchev–Trinajstić information content (AvgIpc) is 2.27. The molecule has 0 heterocycles. The Hall–Kier alpha value is -1.42. The fourth-order valence-electron chi connectivity index (χ4n) is 1.14. The molecule has 0 fully saturated rings. The van der Waals surface area contributed by atoms with Crippen molar-refractivity contribution in [3.8, 4) is 5.75 Å². The number of ether oxygens (including phenoxy) is 2. The van der Waals surface area contributed by atoms with E-state index in [2.05, 4.69) is 12.6 Å². The first kappa shape index (κ1) is 12.6. The number of thiol groups is 1. The molecule has 0 spiro atoms. The van der Waals surface area contributed by atoms with Gasteiger partial charge in [-0.1, -0.05) is 6.07 Å². The van der Waals surface area contributed by atoms with Crippen molar-refractivity contribution in [3.63, 3.8) is 0 Å². The molecule has 0 radical (unpaired) electrons. The Balaban J connectivity index is 2.78. The van der Waals surface area contributed by atoms with Crippen LogP contribution in [0.25, 0.3) is 6.08 Å². The van der Waals surface area contributed by atoms with Crippen LogP contribution in [-0.2, 0) is 9.53 Å². The van der Waals surface area contributed by atoms with Crippen molar-refractivity contribution in [1.29, 1.82) is 0 Å². The molecule has 1 rings (SSSR count). The lowest BCUT2D eigenvalue weighted by molar-refractivity contribution is -0.137. The molecule has 1 aromatic carbocycles. The summed E-state index contributed by atoms with van der Waals surface area (Å²) in [6.45, 7) is 2.14. The molecule has 0 aromatic heterocycles. The smallest absolute Gasteiger partial charge is 0.330 e. The zero-order valence-electron chi connectivity index (χ0n) is 9.27. The molecule has 0 aliphatic heterocycles. The highest BCUT2D eigenvalue weighted by atomic mass is 32.1. The average molecular weight is 238 g/mol. The van der Waals surface area contributed by atoms with Crippen LogP contribution < -0.4 is 4.74 Å². The molecule has 0 N–H and O–H groups in total. The van der Waals surface area contributed by atoms with Gasteiger partial charge in [-0.25, -0.2) is 4.79 Å². The number of carbonyl (C=O) groups is 1. The summed E-state index contributed by atoms with van der Waals surface area (Å²) in [6.07, 6.45) is 3.05. The molecule has 0 aliphatic carbocycles. The van der Waals surface area contributed by atoms with E-state index in [-0.39, 0.29) is 5.97 Å². The van der Waals surface area contributed by atoms with Crippen LogP contribution in [0.1, 0.15) is 12.5 Å². The minimum atomic E-state index is -0.356. The van der Waals surface area contributed by atoms with E-state index in [0.717, 1.165) is 16.2 Å². The summed E-state index contributed by atoms with van der Waals surface area (Å²) < 4.78 is 9.82. The third kappa shape index (κ3) is 3.62. The summed E-state index contributed by atoms with van der Waals surface area (Å²) in [7, 11) is 1.59. The van der Waals surface area contributed by atoms with Crippen LogP contribution in [-0.4, -0.2) is 19.7 Å². The fraction of sp³-hybridized carbons (Fsp3) is 0.250. The standard InChI is InChI=1S/C12H14O3S/c1-3-15-12(13)7-5-9-4-6-10(14-2)8-11(9)16/h4-8,16H,3H2,1-2H3/b7-5+. The maximum absolute atomic E-state index is 11.1. The first-order chi connectivity index (χ1) is 7.67. The van der Waals surface area contributed by atoms with Crippen molar-refractivity contribution < 1.29 is 14.3 Å². The topological polar surface area (TPSA) is 35.5 Å². The molecule has 16 heavy (non-hydrogen) atoms. The lowest BCUT2D eigenvalue weighted by Gasteiger charge is -2.03. The van der Waals surface area contributed by atoms with Gasteiger partial charge in [-0.2, -0.15) is 0 Å². The third-order valence-corrected chi connectivity index (χ3v) is 2.31. The SMILES string of the molecule is CCOC(=O)/C=C/c1ccc(OC)cc1S. The van der Waals surface area contributed by atoms with Gasteiger partial charge in [0.25, 0.3) is 0 Å². The number of esters is 1. The predicted molar refractivity (Wildman–Crippen MR) is 65.9 cm³/mol. The van der Waals surface area contributed by atoms with Crippen LogP contribution in [0.5, 0.6) is 5.75 Å². The number of hydrogen-bond donors (Lipinski definition) is 1. The largest absolute Gasteiger partial charge is 0.497 e. The van der Waals surface area contributed by atoms with Gasteiger partial charge in [0, 0.05) is 11.0 Å². The Labute approximate surface area is 100 Å². The maximum atomic E-state index is 11.1. The minimum Gasteiger partial charge on any atom is -0.497 e. The molecule has 1 aromatic rings. The molecule has 86 valence electrons. The van der Waals surface area contributed by atoms with E-state index in [4.69, 9.17) is 9.47 Å². The van der Waals surface area contributed by atoms with E-state index in [0.29, 0.717) is 6.61 Å². The van der Waals surface area contributed by atoms with E-state index in [9.17, 15) is 4.79 Å². The molecule has 0 saturated carbocycles. The summed E-state index contributed by atoms with van der Waals surface area (Å²) in [5, 5.41) is 0. The van der Waals surface area contributed by atoms with E-state index in [1.54, 1.807) is 26.2 Å². The first-order valence-corrected chi connectivity index (χ1v) is 5.34. The Bertz CT molecular complexity index is 399. The zero-order valence-corrected chi connectivity index (χ0v) is 10.2. The van der Waals surface area contributed by atoms with E-state index in [1.165, 1.54) is 6.08 Å². The second-order valence-corrected chi connectivity index (χ2v) is 3.49. The van der Waals surface area contributed by atoms with Crippen LogP contribution in [0.2, 0.25) is 0 Å². The number of methoxy groups -OCH3 is 1. The van der Waals surface area contributed by atoms with Gasteiger partial charge in [0.2, 0.25) is 0 Å². The molecule has 0 aliphatic rings.